The smallest absolute Gasteiger partial charge is 0.481 e. The quantitative estimate of drug-likeness (QED) is 0.647. The summed E-state index contributed by atoms with van der Waals surface area (Å²) in [4.78, 5) is 10.9. The van der Waals surface area contributed by atoms with Crippen LogP contribution in [0.1, 0.15) is 15.9 Å². The zero-order valence-corrected chi connectivity index (χ0v) is 9.04. The number of aromatic carboxylic acids is 1. The second-order valence-electron chi connectivity index (χ2n) is 3.09. The molecule has 0 saturated heterocycles. The number of carbonyl (C=O) groups is 1. The van der Waals surface area contributed by atoms with Crippen molar-refractivity contribution >= 4 is 11.9 Å². The average Bonchev–Trinajstić information content (AvgIpc) is 2.25. The molecular weight excluding hydrogens is 255 g/mol. The maximum atomic E-state index is 12.0. The zero-order chi connectivity index (χ0) is 13.9. The van der Waals surface area contributed by atoms with Crippen molar-refractivity contribution in [3.8, 4) is 5.75 Å². The van der Waals surface area contributed by atoms with Gasteiger partial charge in [-0.2, -0.15) is 0 Å². The summed E-state index contributed by atoms with van der Waals surface area (Å²) < 4.78 is 44.0. The number of methoxy groups -OCH3 is 1. The second-order valence-corrected chi connectivity index (χ2v) is 3.09. The van der Waals surface area contributed by atoms with Gasteiger partial charge in [-0.05, 0) is 18.2 Å². The molecule has 0 saturated carbocycles. The van der Waals surface area contributed by atoms with Crippen LogP contribution in [-0.2, 0) is 4.74 Å². The molecule has 18 heavy (non-hydrogen) atoms. The molecule has 0 fully saturated rings. The van der Waals surface area contributed by atoms with E-state index in [1.807, 2.05) is 0 Å². The Morgan fingerprint density at radius 3 is 2.39 bits per heavy atom. The fraction of sp³-hybridized carbons (Fsp3) is 0.200. The van der Waals surface area contributed by atoms with E-state index in [9.17, 15) is 18.0 Å². The van der Waals surface area contributed by atoms with Crippen molar-refractivity contribution in [1.82, 2.24) is 0 Å². The third kappa shape index (κ3) is 3.37. The molecule has 8 heteroatoms. The van der Waals surface area contributed by atoms with Crippen LogP contribution in [0.3, 0.4) is 0 Å². The van der Waals surface area contributed by atoms with E-state index in [0.717, 1.165) is 19.2 Å². The van der Waals surface area contributed by atoms with E-state index in [0.29, 0.717) is 6.07 Å². The van der Waals surface area contributed by atoms with Crippen molar-refractivity contribution in [3.63, 3.8) is 0 Å². The van der Waals surface area contributed by atoms with Gasteiger partial charge in [0, 0.05) is 0 Å². The topological polar surface area (TPSA) is 79.6 Å². The van der Waals surface area contributed by atoms with E-state index in [-0.39, 0.29) is 5.56 Å². The predicted octanol–water partition coefficient (Wildman–Crippen LogP) is 2.26. The van der Waals surface area contributed by atoms with Gasteiger partial charge in [0.25, 0.3) is 0 Å². The number of hydrogen-bond acceptors (Lipinski definition) is 4. The fourth-order valence-electron chi connectivity index (χ4n) is 1.21. The molecule has 0 aliphatic rings. The monoisotopic (exact) mass is 263 g/mol. The summed E-state index contributed by atoms with van der Waals surface area (Å²) >= 11 is 0. The van der Waals surface area contributed by atoms with Gasteiger partial charge in [-0.3, -0.25) is 5.41 Å². The van der Waals surface area contributed by atoms with Gasteiger partial charge in [0.1, 0.15) is 5.75 Å². The number of alkyl halides is 3. The van der Waals surface area contributed by atoms with E-state index in [1.165, 1.54) is 0 Å². The minimum Gasteiger partial charge on any atom is -0.481 e. The normalized spacial score (nSPS) is 10.9. The Morgan fingerprint density at radius 2 is 1.94 bits per heavy atom. The first kappa shape index (κ1) is 13.8. The highest BCUT2D eigenvalue weighted by Crippen LogP contribution is 2.25. The van der Waals surface area contributed by atoms with E-state index in [4.69, 9.17) is 10.5 Å². The lowest BCUT2D eigenvalue weighted by atomic mass is 10.1. The first-order valence-electron chi connectivity index (χ1n) is 4.50. The van der Waals surface area contributed by atoms with Gasteiger partial charge in [-0.1, -0.05) is 0 Å². The number of nitrogens with one attached hydrogen (secondary N) is 1. The Morgan fingerprint density at radius 1 is 1.33 bits per heavy atom. The third-order valence-corrected chi connectivity index (χ3v) is 1.90. The van der Waals surface area contributed by atoms with Crippen LogP contribution in [0.5, 0.6) is 5.75 Å². The number of benzene rings is 1. The molecule has 0 aliphatic carbocycles. The molecule has 1 rings (SSSR count). The molecule has 0 aliphatic heterocycles. The minimum atomic E-state index is -4.91. The fourth-order valence-corrected chi connectivity index (χ4v) is 1.21. The van der Waals surface area contributed by atoms with E-state index in [1.54, 1.807) is 0 Å². The molecule has 1 aromatic carbocycles. The van der Waals surface area contributed by atoms with Crippen molar-refractivity contribution in [1.29, 1.82) is 5.41 Å². The van der Waals surface area contributed by atoms with Crippen LogP contribution in [0.25, 0.3) is 0 Å². The van der Waals surface area contributed by atoms with Crippen molar-refractivity contribution in [2.24, 2.45) is 0 Å². The second kappa shape index (κ2) is 4.94. The van der Waals surface area contributed by atoms with Crippen LogP contribution in [-0.4, -0.2) is 30.4 Å². The first-order chi connectivity index (χ1) is 8.24. The molecule has 1 aromatic rings. The van der Waals surface area contributed by atoms with Crippen LogP contribution in [0, 0.1) is 5.41 Å². The SMILES string of the molecule is COC(=N)c1ccc(OC(F)(F)F)cc1C(=O)O. The molecule has 0 bridgehead atoms. The summed E-state index contributed by atoms with van der Waals surface area (Å²) in [6.07, 6.45) is -4.91. The first-order valence-corrected chi connectivity index (χ1v) is 4.50. The highest BCUT2D eigenvalue weighted by atomic mass is 19.4. The maximum Gasteiger partial charge on any atom is 0.573 e. The number of rotatable bonds is 3. The predicted molar refractivity (Wildman–Crippen MR) is 53.9 cm³/mol. The number of carboxylic acids is 1. The van der Waals surface area contributed by atoms with E-state index >= 15 is 0 Å². The molecule has 0 aromatic heterocycles. The Hall–Kier alpha value is -2.25. The number of ether oxygens (including phenoxy) is 2. The van der Waals surface area contributed by atoms with Gasteiger partial charge in [0.15, 0.2) is 0 Å². The molecular formula is C10H8F3NO4. The third-order valence-electron chi connectivity index (χ3n) is 1.90. The van der Waals surface area contributed by atoms with Crippen molar-refractivity contribution in [2.45, 2.75) is 6.36 Å². The molecule has 5 nitrogen and oxygen atoms in total. The highest BCUT2D eigenvalue weighted by molar-refractivity contribution is 6.03. The zero-order valence-electron chi connectivity index (χ0n) is 9.04. The number of hydrogen-bond donors (Lipinski definition) is 2. The van der Waals surface area contributed by atoms with Gasteiger partial charge >= 0.3 is 12.3 Å². The Kier molecular flexibility index (Phi) is 3.79. The summed E-state index contributed by atoms with van der Waals surface area (Å²) in [5.74, 6) is -2.63. The molecule has 98 valence electrons. The Labute approximate surface area is 99.3 Å². The molecule has 0 atom stereocenters. The van der Waals surface area contributed by atoms with Crippen LogP contribution >= 0.6 is 0 Å². The molecule has 0 amide bonds. The molecule has 0 spiro atoms. The molecule has 0 unspecified atom stereocenters. The highest BCUT2D eigenvalue weighted by Gasteiger charge is 2.31. The van der Waals surface area contributed by atoms with Crippen molar-refractivity contribution in [3.05, 3.63) is 29.3 Å². The van der Waals surface area contributed by atoms with Gasteiger partial charge in [-0.15, -0.1) is 13.2 Å². The standard InChI is InChI=1S/C10H8F3NO4/c1-17-8(14)6-3-2-5(18-10(11,12)13)4-7(6)9(15)16/h2-4,14H,1H3,(H,15,16). The van der Waals surface area contributed by atoms with E-state index in [2.05, 4.69) is 9.47 Å². The molecule has 0 radical (unpaired) electrons. The molecule has 2 N–H and O–H groups in total. The van der Waals surface area contributed by atoms with Crippen LogP contribution < -0.4 is 4.74 Å². The van der Waals surface area contributed by atoms with Crippen molar-refractivity contribution in [2.75, 3.05) is 7.11 Å². The van der Waals surface area contributed by atoms with Gasteiger partial charge in [-0.25, -0.2) is 4.79 Å². The molecule has 0 heterocycles. The lowest BCUT2D eigenvalue weighted by Gasteiger charge is -2.11. The van der Waals surface area contributed by atoms with E-state index < -0.39 is 29.5 Å². The van der Waals surface area contributed by atoms with Crippen molar-refractivity contribution < 1.29 is 32.5 Å². The number of carboxylic acid groups (broad SMARTS) is 1. The minimum absolute atomic E-state index is 0.139. The van der Waals surface area contributed by atoms with Crippen LogP contribution in [0.4, 0.5) is 13.2 Å². The average molecular weight is 263 g/mol. The van der Waals surface area contributed by atoms with Gasteiger partial charge < -0.3 is 14.6 Å². The number of halogens is 3. The Bertz CT molecular complexity index is 485. The maximum absolute atomic E-state index is 12.0. The summed E-state index contributed by atoms with van der Waals surface area (Å²) in [6, 6.07) is 2.60. The van der Waals surface area contributed by atoms with Gasteiger partial charge in [0.05, 0.1) is 18.2 Å². The van der Waals surface area contributed by atoms with Crippen LogP contribution in [0.2, 0.25) is 0 Å². The largest absolute Gasteiger partial charge is 0.573 e. The summed E-state index contributed by atoms with van der Waals surface area (Å²) in [7, 11) is 1.15. The lowest BCUT2D eigenvalue weighted by Crippen LogP contribution is -2.18. The van der Waals surface area contributed by atoms with Gasteiger partial charge in [0.2, 0.25) is 5.90 Å². The Balaban J connectivity index is 3.19. The van der Waals surface area contributed by atoms with Crippen LogP contribution in [0.15, 0.2) is 18.2 Å². The summed E-state index contributed by atoms with van der Waals surface area (Å²) in [5, 5.41) is 16.2. The lowest BCUT2D eigenvalue weighted by molar-refractivity contribution is -0.274. The summed E-state index contributed by atoms with van der Waals surface area (Å²) in [6.45, 7) is 0. The summed E-state index contributed by atoms with van der Waals surface area (Å²) in [5.41, 5.74) is -0.650.